The maximum atomic E-state index is 13.4. The number of rotatable bonds is 4. The molecule has 0 bridgehead atoms. The number of benzene rings is 2. The quantitative estimate of drug-likeness (QED) is 0.904. The van der Waals surface area contributed by atoms with E-state index in [1.54, 1.807) is 30.3 Å². The van der Waals surface area contributed by atoms with Gasteiger partial charge >= 0.3 is 6.03 Å². The van der Waals surface area contributed by atoms with Crippen molar-refractivity contribution in [1.82, 2.24) is 0 Å². The topological polar surface area (TPSA) is 74.1 Å². The number of anilines is 2. The molecule has 0 saturated heterocycles. The van der Waals surface area contributed by atoms with Crippen molar-refractivity contribution in [2.24, 2.45) is 0 Å². The molecule has 0 fully saturated rings. The first-order valence-corrected chi connectivity index (χ1v) is 6.11. The first kappa shape index (κ1) is 14.3. The third-order valence-corrected chi connectivity index (χ3v) is 2.52. The molecule has 0 radical (unpaired) electrons. The van der Waals surface area contributed by atoms with Crippen LogP contribution in [0.3, 0.4) is 0 Å². The average molecular weight is 285 g/mol. The molecular formula is C15H12FN3O2. The SMILES string of the molecule is N#CCOc1cccc(NC(=O)Nc2ccccc2F)c1. The van der Waals surface area contributed by atoms with E-state index < -0.39 is 11.8 Å². The van der Waals surface area contributed by atoms with E-state index in [1.165, 1.54) is 18.2 Å². The summed E-state index contributed by atoms with van der Waals surface area (Å²) in [5.74, 6) is -0.0565. The van der Waals surface area contributed by atoms with Gasteiger partial charge in [-0.15, -0.1) is 0 Å². The van der Waals surface area contributed by atoms with Gasteiger partial charge in [0.2, 0.25) is 0 Å². The normalized spacial score (nSPS) is 9.52. The van der Waals surface area contributed by atoms with E-state index in [0.29, 0.717) is 11.4 Å². The van der Waals surface area contributed by atoms with Gasteiger partial charge in [0, 0.05) is 11.8 Å². The minimum Gasteiger partial charge on any atom is -0.479 e. The number of urea groups is 1. The highest BCUT2D eigenvalue weighted by molar-refractivity contribution is 5.99. The van der Waals surface area contributed by atoms with Crippen molar-refractivity contribution in [3.05, 3.63) is 54.3 Å². The number of nitriles is 1. The number of carbonyl (C=O) groups is 1. The molecule has 21 heavy (non-hydrogen) atoms. The third-order valence-electron chi connectivity index (χ3n) is 2.52. The summed E-state index contributed by atoms with van der Waals surface area (Å²) in [5, 5.41) is 13.4. The van der Waals surface area contributed by atoms with Crippen LogP contribution in [-0.4, -0.2) is 12.6 Å². The summed E-state index contributed by atoms with van der Waals surface area (Å²) in [6, 6.07) is 13.7. The van der Waals surface area contributed by atoms with Crippen molar-refractivity contribution < 1.29 is 13.9 Å². The van der Waals surface area contributed by atoms with Crippen LogP contribution in [0.15, 0.2) is 48.5 Å². The van der Waals surface area contributed by atoms with Crippen molar-refractivity contribution in [2.45, 2.75) is 0 Å². The Bertz CT molecular complexity index is 683. The summed E-state index contributed by atoms with van der Waals surface area (Å²) >= 11 is 0. The van der Waals surface area contributed by atoms with Gasteiger partial charge in [-0.05, 0) is 24.3 Å². The molecule has 0 atom stereocenters. The molecule has 0 saturated carbocycles. The molecule has 5 nitrogen and oxygen atoms in total. The van der Waals surface area contributed by atoms with Crippen LogP contribution in [0.4, 0.5) is 20.6 Å². The number of ether oxygens (including phenoxy) is 1. The van der Waals surface area contributed by atoms with E-state index in [0.717, 1.165) is 0 Å². The first-order chi connectivity index (χ1) is 10.2. The molecule has 0 aliphatic rings. The molecule has 2 amide bonds. The molecular weight excluding hydrogens is 273 g/mol. The van der Waals surface area contributed by atoms with Gasteiger partial charge in [0.15, 0.2) is 6.61 Å². The van der Waals surface area contributed by atoms with E-state index in [4.69, 9.17) is 10.00 Å². The van der Waals surface area contributed by atoms with Gasteiger partial charge in [-0.2, -0.15) is 5.26 Å². The van der Waals surface area contributed by atoms with Crippen molar-refractivity contribution >= 4 is 17.4 Å². The van der Waals surface area contributed by atoms with E-state index >= 15 is 0 Å². The predicted octanol–water partition coefficient (Wildman–Crippen LogP) is 3.37. The largest absolute Gasteiger partial charge is 0.479 e. The van der Waals surface area contributed by atoms with Crippen LogP contribution in [0.1, 0.15) is 0 Å². The Morgan fingerprint density at radius 1 is 1.19 bits per heavy atom. The Morgan fingerprint density at radius 3 is 2.76 bits per heavy atom. The zero-order chi connectivity index (χ0) is 15.1. The zero-order valence-corrected chi connectivity index (χ0v) is 11.0. The minimum absolute atomic E-state index is 0.0785. The highest BCUT2D eigenvalue weighted by atomic mass is 19.1. The Balaban J connectivity index is 2.00. The Kier molecular flexibility index (Phi) is 4.72. The van der Waals surface area contributed by atoms with Crippen LogP contribution in [0.25, 0.3) is 0 Å². The van der Waals surface area contributed by atoms with Gasteiger partial charge in [-0.25, -0.2) is 9.18 Å². The monoisotopic (exact) mass is 285 g/mol. The number of hydrogen-bond acceptors (Lipinski definition) is 3. The third kappa shape index (κ3) is 4.21. The second-order valence-corrected chi connectivity index (χ2v) is 4.03. The van der Waals surface area contributed by atoms with Crippen LogP contribution in [-0.2, 0) is 0 Å². The van der Waals surface area contributed by atoms with Crippen LogP contribution in [0.2, 0.25) is 0 Å². The lowest BCUT2D eigenvalue weighted by molar-refractivity contribution is 0.262. The van der Waals surface area contributed by atoms with Crippen LogP contribution in [0, 0.1) is 17.1 Å². The molecule has 0 spiro atoms. The number of nitrogens with one attached hydrogen (secondary N) is 2. The summed E-state index contributed by atoms with van der Waals surface area (Å²) in [5.41, 5.74) is 0.561. The second kappa shape index (κ2) is 6.91. The molecule has 6 heteroatoms. The van der Waals surface area contributed by atoms with Crippen molar-refractivity contribution in [1.29, 1.82) is 5.26 Å². The molecule has 0 aromatic heterocycles. The maximum Gasteiger partial charge on any atom is 0.323 e. The van der Waals surface area contributed by atoms with E-state index in [-0.39, 0.29) is 12.3 Å². The molecule has 0 aliphatic heterocycles. The van der Waals surface area contributed by atoms with E-state index in [1.807, 2.05) is 6.07 Å². The zero-order valence-electron chi connectivity index (χ0n) is 11.0. The Hall–Kier alpha value is -3.07. The molecule has 2 aromatic rings. The number of carbonyl (C=O) groups excluding carboxylic acids is 1. The summed E-state index contributed by atoms with van der Waals surface area (Å²) in [4.78, 5) is 11.8. The predicted molar refractivity (Wildman–Crippen MR) is 76.6 cm³/mol. The van der Waals surface area contributed by atoms with Gasteiger partial charge in [-0.1, -0.05) is 18.2 Å². The fourth-order valence-corrected chi connectivity index (χ4v) is 1.63. The molecule has 2 rings (SSSR count). The smallest absolute Gasteiger partial charge is 0.323 e. The van der Waals surface area contributed by atoms with Crippen molar-refractivity contribution in [2.75, 3.05) is 17.2 Å². The van der Waals surface area contributed by atoms with E-state index in [9.17, 15) is 9.18 Å². The summed E-state index contributed by atoms with van der Waals surface area (Å²) < 4.78 is 18.5. The van der Waals surface area contributed by atoms with Gasteiger partial charge in [0.25, 0.3) is 0 Å². The maximum absolute atomic E-state index is 13.4. The number of amides is 2. The van der Waals surface area contributed by atoms with Gasteiger partial charge < -0.3 is 15.4 Å². The second-order valence-electron chi connectivity index (χ2n) is 4.03. The lowest BCUT2D eigenvalue weighted by atomic mass is 10.3. The fourth-order valence-electron chi connectivity index (χ4n) is 1.63. The van der Waals surface area contributed by atoms with Gasteiger partial charge in [-0.3, -0.25) is 0 Å². The summed E-state index contributed by atoms with van der Waals surface area (Å²) in [6.07, 6.45) is 0. The Morgan fingerprint density at radius 2 is 2.00 bits per heavy atom. The Labute approximate surface area is 121 Å². The number of hydrogen-bond donors (Lipinski definition) is 2. The number of para-hydroxylation sites is 1. The minimum atomic E-state index is -0.572. The fraction of sp³-hybridized carbons (Fsp3) is 0.0667. The van der Waals surface area contributed by atoms with Crippen molar-refractivity contribution in [3.63, 3.8) is 0 Å². The first-order valence-electron chi connectivity index (χ1n) is 6.11. The lowest BCUT2D eigenvalue weighted by Gasteiger charge is -2.09. The lowest BCUT2D eigenvalue weighted by Crippen LogP contribution is -2.20. The molecule has 106 valence electrons. The van der Waals surface area contributed by atoms with E-state index in [2.05, 4.69) is 10.6 Å². The number of halogens is 1. The molecule has 2 N–H and O–H groups in total. The van der Waals surface area contributed by atoms with Crippen LogP contribution >= 0.6 is 0 Å². The average Bonchev–Trinajstić information content (AvgIpc) is 2.48. The van der Waals surface area contributed by atoms with Crippen molar-refractivity contribution in [3.8, 4) is 11.8 Å². The van der Waals surface area contributed by atoms with Gasteiger partial charge in [0.05, 0.1) is 5.69 Å². The highest BCUT2D eigenvalue weighted by Crippen LogP contribution is 2.18. The number of nitrogens with zero attached hydrogens (tertiary/aromatic N) is 1. The van der Waals surface area contributed by atoms with Crippen LogP contribution in [0.5, 0.6) is 5.75 Å². The highest BCUT2D eigenvalue weighted by Gasteiger charge is 2.06. The summed E-state index contributed by atoms with van der Waals surface area (Å²) in [6.45, 7) is -0.0785. The standard InChI is InChI=1S/C15H12FN3O2/c16-13-6-1-2-7-14(13)19-15(20)18-11-4-3-5-12(10-11)21-9-8-17/h1-7,10H,9H2,(H2,18,19,20). The molecule has 2 aromatic carbocycles. The molecule has 0 aliphatic carbocycles. The van der Waals surface area contributed by atoms with Gasteiger partial charge in [0.1, 0.15) is 17.6 Å². The van der Waals surface area contributed by atoms with Crippen LogP contribution < -0.4 is 15.4 Å². The molecule has 0 unspecified atom stereocenters. The molecule has 0 heterocycles. The summed E-state index contributed by atoms with van der Waals surface area (Å²) in [7, 11) is 0.